The van der Waals surface area contributed by atoms with Crippen molar-refractivity contribution in [2.75, 3.05) is 22.2 Å². The molecule has 1 atom stereocenters. The summed E-state index contributed by atoms with van der Waals surface area (Å²) in [5, 5.41) is 8.38. The fourth-order valence-corrected chi connectivity index (χ4v) is 5.42. The Bertz CT molecular complexity index is 894. The molecule has 0 spiro atoms. The highest BCUT2D eigenvalue weighted by Crippen LogP contribution is 2.39. The van der Waals surface area contributed by atoms with E-state index in [2.05, 4.69) is 10.2 Å². The Morgan fingerprint density at radius 2 is 1.96 bits per heavy atom. The average molecular weight is 393 g/mol. The molecule has 1 saturated carbocycles. The molecule has 1 aromatic heterocycles. The van der Waals surface area contributed by atoms with Crippen LogP contribution in [-0.4, -0.2) is 47.8 Å². The molecular formula is C17H19N3O4S2. The molecule has 2 aliphatic rings. The number of nitrogens with zero attached hydrogens (tertiary/aromatic N) is 3. The van der Waals surface area contributed by atoms with Crippen molar-refractivity contribution in [3.63, 3.8) is 0 Å². The van der Waals surface area contributed by atoms with E-state index in [1.54, 1.807) is 4.90 Å². The Kier molecular flexibility index (Phi) is 4.74. The van der Waals surface area contributed by atoms with E-state index < -0.39 is 9.84 Å². The van der Waals surface area contributed by atoms with Gasteiger partial charge in [0.05, 0.1) is 23.3 Å². The smallest absolute Gasteiger partial charge is 0.277 e. The second kappa shape index (κ2) is 7.03. The van der Waals surface area contributed by atoms with Gasteiger partial charge in [-0.1, -0.05) is 30.0 Å². The Labute approximate surface area is 156 Å². The van der Waals surface area contributed by atoms with Crippen LogP contribution in [0.5, 0.6) is 0 Å². The molecule has 2 heterocycles. The lowest BCUT2D eigenvalue weighted by Gasteiger charge is -2.28. The predicted molar refractivity (Wildman–Crippen MR) is 98.0 cm³/mol. The molecule has 1 amide bonds. The first-order chi connectivity index (χ1) is 12.5. The van der Waals surface area contributed by atoms with Crippen molar-refractivity contribution < 1.29 is 17.6 Å². The minimum atomic E-state index is -3.09. The van der Waals surface area contributed by atoms with Crippen LogP contribution < -0.4 is 4.90 Å². The number of carbonyl (C=O) groups excluding carboxylic acids is 1. The van der Waals surface area contributed by atoms with Gasteiger partial charge in [-0.25, -0.2) is 8.42 Å². The number of amides is 1. The summed E-state index contributed by atoms with van der Waals surface area (Å²) >= 11 is 1.20. The highest BCUT2D eigenvalue weighted by atomic mass is 32.2. The van der Waals surface area contributed by atoms with Crippen LogP contribution >= 0.6 is 11.8 Å². The van der Waals surface area contributed by atoms with Gasteiger partial charge >= 0.3 is 0 Å². The van der Waals surface area contributed by atoms with Gasteiger partial charge in [0.1, 0.15) is 0 Å². The van der Waals surface area contributed by atoms with Gasteiger partial charge in [-0.05, 0) is 31.4 Å². The molecule has 1 saturated heterocycles. The summed E-state index contributed by atoms with van der Waals surface area (Å²) in [7, 11) is -3.09. The first-order valence-corrected chi connectivity index (χ1v) is 11.4. The van der Waals surface area contributed by atoms with Crippen molar-refractivity contribution in [3.05, 3.63) is 36.2 Å². The van der Waals surface area contributed by atoms with E-state index in [4.69, 9.17) is 4.42 Å². The van der Waals surface area contributed by atoms with Crippen LogP contribution in [0.25, 0.3) is 0 Å². The lowest BCUT2D eigenvalue weighted by molar-refractivity contribution is -0.116. The molecular weight excluding hydrogens is 374 g/mol. The summed E-state index contributed by atoms with van der Waals surface area (Å²) in [6.45, 7) is 0. The summed E-state index contributed by atoms with van der Waals surface area (Å²) in [5.41, 5.74) is 0.712. The third kappa shape index (κ3) is 3.93. The number of para-hydroxylation sites is 1. The molecule has 9 heteroatoms. The van der Waals surface area contributed by atoms with Gasteiger partial charge in [0, 0.05) is 11.6 Å². The third-order valence-electron chi connectivity index (χ3n) is 4.54. The summed E-state index contributed by atoms with van der Waals surface area (Å²) in [6, 6.07) is 8.86. The standard InChI is InChI=1S/C17H19N3O4S2/c21-15(10-25-17-19-18-16(24-17)12-6-7-12)20(13-4-2-1-3-5-13)14-8-9-26(22,23)11-14/h1-5,12,14H,6-11H2/t14-/m1/s1. The molecule has 138 valence electrons. The van der Waals surface area contributed by atoms with Crippen molar-refractivity contribution in [1.29, 1.82) is 0 Å². The molecule has 26 heavy (non-hydrogen) atoms. The number of carbonyl (C=O) groups is 1. The molecule has 0 bridgehead atoms. The Hall–Kier alpha value is -1.87. The molecule has 1 aromatic carbocycles. The van der Waals surface area contributed by atoms with E-state index >= 15 is 0 Å². The average Bonchev–Trinajstić information content (AvgIpc) is 3.26. The van der Waals surface area contributed by atoms with Crippen LogP contribution in [0.2, 0.25) is 0 Å². The lowest BCUT2D eigenvalue weighted by Crippen LogP contribution is -2.42. The number of sulfone groups is 1. The molecule has 7 nitrogen and oxygen atoms in total. The number of benzene rings is 1. The van der Waals surface area contributed by atoms with Crippen LogP contribution in [0.1, 0.15) is 31.1 Å². The first-order valence-electron chi connectivity index (χ1n) is 8.55. The number of hydrogen-bond donors (Lipinski definition) is 0. The summed E-state index contributed by atoms with van der Waals surface area (Å²) < 4.78 is 29.3. The monoisotopic (exact) mass is 393 g/mol. The molecule has 0 unspecified atom stereocenters. The minimum absolute atomic E-state index is 0.00465. The molecule has 4 rings (SSSR count). The number of hydrogen-bond acceptors (Lipinski definition) is 7. The Balaban J connectivity index is 1.48. The van der Waals surface area contributed by atoms with Crippen LogP contribution in [0.3, 0.4) is 0 Å². The number of aromatic nitrogens is 2. The van der Waals surface area contributed by atoms with Crippen LogP contribution in [0.15, 0.2) is 40.0 Å². The number of rotatable bonds is 6. The highest BCUT2D eigenvalue weighted by molar-refractivity contribution is 7.99. The van der Waals surface area contributed by atoms with Gasteiger partial charge in [0.2, 0.25) is 11.8 Å². The third-order valence-corrected chi connectivity index (χ3v) is 7.10. The summed E-state index contributed by atoms with van der Waals surface area (Å²) in [5.74, 6) is 1.10. The normalized spacial score (nSPS) is 21.6. The molecule has 0 radical (unpaired) electrons. The quantitative estimate of drug-likeness (QED) is 0.695. The molecule has 2 aromatic rings. The van der Waals surface area contributed by atoms with Gasteiger partial charge in [0.25, 0.3) is 5.22 Å². The van der Waals surface area contributed by atoms with Crippen molar-refractivity contribution in [2.45, 2.75) is 36.4 Å². The minimum Gasteiger partial charge on any atom is -0.416 e. The zero-order valence-electron chi connectivity index (χ0n) is 14.1. The first kappa shape index (κ1) is 17.5. The van der Waals surface area contributed by atoms with E-state index in [-0.39, 0.29) is 29.2 Å². The van der Waals surface area contributed by atoms with Crippen LogP contribution in [-0.2, 0) is 14.6 Å². The number of anilines is 1. The summed E-state index contributed by atoms with van der Waals surface area (Å²) in [4.78, 5) is 14.5. The fourth-order valence-electron chi connectivity index (χ4n) is 3.09. The second-order valence-corrected chi connectivity index (χ2v) is 9.78. The fraction of sp³-hybridized carbons (Fsp3) is 0.471. The maximum absolute atomic E-state index is 12.9. The molecule has 1 aliphatic carbocycles. The van der Waals surface area contributed by atoms with Gasteiger partial charge in [0.15, 0.2) is 9.84 Å². The van der Waals surface area contributed by atoms with E-state index in [9.17, 15) is 13.2 Å². The van der Waals surface area contributed by atoms with Crippen molar-refractivity contribution in [3.8, 4) is 0 Å². The maximum Gasteiger partial charge on any atom is 0.277 e. The Morgan fingerprint density at radius 3 is 2.62 bits per heavy atom. The van der Waals surface area contributed by atoms with Crippen LogP contribution in [0.4, 0.5) is 5.69 Å². The largest absolute Gasteiger partial charge is 0.416 e. The van der Waals surface area contributed by atoms with Gasteiger partial charge in [-0.2, -0.15) is 0 Å². The topological polar surface area (TPSA) is 93.4 Å². The molecule has 0 N–H and O–H groups in total. The van der Waals surface area contributed by atoms with Crippen molar-refractivity contribution in [2.24, 2.45) is 0 Å². The van der Waals surface area contributed by atoms with E-state index in [1.807, 2.05) is 30.3 Å². The molecule has 1 aliphatic heterocycles. The second-order valence-electron chi connectivity index (χ2n) is 6.63. The SMILES string of the molecule is O=C(CSc1nnc(C2CC2)o1)N(c1ccccc1)[C@@H]1CCS(=O)(=O)C1. The highest BCUT2D eigenvalue weighted by Gasteiger charge is 2.35. The van der Waals surface area contributed by atoms with Crippen molar-refractivity contribution in [1.82, 2.24) is 10.2 Å². The summed E-state index contributed by atoms with van der Waals surface area (Å²) in [6.07, 6.45) is 2.60. The van der Waals surface area contributed by atoms with Gasteiger partial charge < -0.3 is 9.32 Å². The van der Waals surface area contributed by atoms with E-state index in [1.165, 1.54) is 11.8 Å². The predicted octanol–water partition coefficient (Wildman–Crippen LogP) is 2.26. The van der Waals surface area contributed by atoms with Crippen LogP contribution in [0, 0.1) is 0 Å². The van der Waals surface area contributed by atoms with E-state index in [0.717, 1.165) is 12.8 Å². The zero-order valence-corrected chi connectivity index (χ0v) is 15.7. The van der Waals surface area contributed by atoms with Gasteiger partial charge in [-0.3, -0.25) is 4.79 Å². The van der Waals surface area contributed by atoms with E-state index in [0.29, 0.717) is 29.1 Å². The van der Waals surface area contributed by atoms with Crippen molar-refractivity contribution >= 4 is 33.2 Å². The lowest BCUT2D eigenvalue weighted by atomic mass is 10.2. The number of thioether (sulfide) groups is 1. The zero-order chi connectivity index (χ0) is 18.1. The Morgan fingerprint density at radius 1 is 1.19 bits per heavy atom. The molecule has 2 fully saturated rings. The van der Waals surface area contributed by atoms with Gasteiger partial charge in [-0.15, -0.1) is 10.2 Å². The maximum atomic E-state index is 12.9.